The highest BCUT2D eigenvalue weighted by atomic mass is 16.2. The van der Waals surface area contributed by atoms with E-state index in [9.17, 15) is 28.8 Å². The molecule has 2 unspecified atom stereocenters. The molecule has 1 aromatic rings. The fourth-order valence-electron chi connectivity index (χ4n) is 5.87. The van der Waals surface area contributed by atoms with Gasteiger partial charge in [0.25, 0.3) is 11.8 Å². The van der Waals surface area contributed by atoms with Crippen molar-refractivity contribution in [3.05, 3.63) is 24.3 Å². The second-order valence-electron chi connectivity index (χ2n) is 15.3. The van der Waals surface area contributed by atoms with Gasteiger partial charge in [-0.15, -0.1) is 0 Å². The molecule has 260 valence electrons. The topological polar surface area (TPSA) is 206 Å². The fourth-order valence-corrected chi connectivity index (χ4v) is 5.87. The summed E-state index contributed by atoms with van der Waals surface area (Å²) < 4.78 is 0. The van der Waals surface area contributed by atoms with Gasteiger partial charge in [0.2, 0.25) is 17.6 Å². The van der Waals surface area contributed by atoms with Crippen molar-refractivity contribution in [2.75, 3.05) is 13.1 Å². The molecule has 2 aliphatic rings. The summed E-state index contributed by atoms with van der Waals surface area (Å²) in [5, 5.41) is 11.3. The van der Waals surface area contributed by atoms with Crippen molar-refractivity contribution in [3.8, 4) is 0 Å². The average molecular weight is 657 g/mol. The molecule has 5 atom stereocenters. The van der Waals surface area contributed by atoms with Gasteiger partial charge >= 0.3 is 6.03 Å². The van der Waals surface area contributed by atoms with E-state index in [0.717, 1.165) is 12.8 Å². The average Bonchev–Trinajstić information content (AvgIpc) is 3.68. The first-order valence-electron chi connectivity index (χ1n) is 16.4. The number of carbonyl (C=O) groups is 6. The summed E-state index contributed by atoms with van der Waals surface area (Å²) >= 11 is 0. The number of rotatable bonds is 13. The smallest absolute Gasteiger partial charge is 0.315 e. The molecule has 0 bridgehead atoms. The molecule has 14 heteroatoms. The van der Waals surface area contributed by atoms with Crippen LogP contribution in [0.3, 0.4) is 0 Å². The molecule has 1 aliphatic heterocycles. The maximum Gasteiger partial charge on any atom is 0.315 e. The Kier molecular flexibility index (Phi) is 12.1. The highest BCUT2D eigenvalue weighted by Crippen LogP contribution is 2.35. The predicted molar refractivity (Wildman–Crippen MR) is 174 cm³/mol. The third kappa shape index (κ3) is 10.2. The van der Waals surface area contributed by atoms with Crippen molar-refractivity contribution < 1.29 is 28.8 Å². The van der Waals surface area contributed by atoms with Gasteiger partial charge in [-0.05, 0) is 41.4 Å². The van der Waals surface area contributed by atoms with Crippen LogP contribution < -0.4 is 27.0 Å². The van der Waals surface area contributed by atoms with Gasteiger partial charge in [0, 0.05) is 25.5 Å². The second kappa shape index (κ2) is 15.2. The molecule has 6 N–H and O–H groups in total. The lowest BCUT2D eigenvalue weighted by Gasteiger charge is -2.38. The molecule has 1 saturated heterocycles. The largest absolute Gasteiger partial charge is 0.363 e. The Morgan fingerprint density at radius 3 is 2.11 bits per heavy atom. The van der Waals surface area contributed by atoms with Crippen LogP contribution in [-0.4, -0.2) is 87.6 Å². The summed E-state index contributed by atoms with van der Waals surface area (Å²) in [6.07, 6.45) is 6.92. The van der Waals surface area contributed by atoms with E-state index in [0.29, 0.717) is 12.8 Å². The van der Waals surface area contributed by atoms with Gasteiger partial charge in [-0.3, -0.25) is 29.0 Å². The Morgan fingerprint density at radius 2 is 1.60 bits per heavy atom. The zero-order valence-electron chi connectivity index (χ0n) is 28.9. The molecule has 2 fully saturated rings. The molecule has 3 rings (SSSR count). The van der Waals surface area contributed by atoms with Crippen molar-refractivity contribution >= 4 is 35.4 Å². The number of carbonyl (C=O) groups excluding carboxylic acids is 6. The van der Waals surface area contributed by atoms with E-state index < -0.39 is 70.4 Å². The summed E-state index contributed by atoms with van der Waals surface area (Å²) in [4.78, 5) is 88.0. The van der Waals surface area contributed by atoms with Crippen molar-refractivity contribution in [1.82, 2.24) is 36.1 Å². The normalized spacial score (nSPS) is 20.1. The maximum atomic E-state index is 14.3. The molecule has 0 aromatic carbocycles. The molecule has 1 saturated carbocycles. The Balaban J connectivity index is 1.78. The summed E-state index contributed by atoms with van der Waals surface area (Å²) in [7, 11) is 0. The lowest BCUT2D eigenvalue weighted by molar-refractivity contribution is -0.144. The minimum Gasteiger partial charge on any atom is -0.363 e. The van der Waals surface area contributed by atoms with Gasteiger partial charge in [0.15, 0.2) is 0 Å². The van der Waals surface area contributed by atoms with Gasteiger partial charge in [-0.25, -0.2) is 9.78 Å². The Hall–Kier alpha value is -4.10. The first-order valence-corrected chi connectivity index (χ1v) is 16.4. The number of Topliss-reactive ketones (excluding diaryl/α,β-unsaturated/α-hetero) is 1. The zero-order valence-corrected chi connectivity index (χ0v) is 28.9. The van der Waals surface area contributed by atoms with Crippen molar-refractivity contribution in [2.45, 2.75) is 105 Å². The Morgan fingerprint density at radius 1 is 0.936 bits per heavy atom. The molecule has 14 nitrogen and oxygen atoms in total. The van der Waals surface area contributed by atoms with Crippen molar-refractivity contribution in [3.63, 3.8) is 0 Å². The molecule has 1 aromatic heterocycles. The number of amides is 6. The number of nitrogens with one attached hydrogen (secondary N) is 4. The Labute approximate surface area is 277 Å². The third-order valence-electron chi connectivity index (χ3n) is 9.00. The van der Waals surface area contributed by atoms with Gasteiger partial charge in [-0.2, -0.15) is 0 Å². The molecular formula is C33H52N8O6. The van der Waals surface area contributed by atoms with E-state index in [1.807, 2.05) is 55.4 Å². The summed E-state index contributed by atoms with van der Waals surface area (Å²) in [6, 6.07) is -4.11. The number of likely N-dealkylation sites (tertiary alicyclic amines) is 1. The summed E-state index contributed by atoms with van der Waals surface area (Å²) in [6.45, 7) is 15.5. The maximum absolute atomic E-state index is 14.3. The van der Waals surface area contributed by atoms with Crippen LogP contribution in [0.2, 0.25) is 0 Å². The van der Waals surface area contributed by atoms with Gasteiger partial charge < -0.3 is 31.9 Å². The van der Waals surface area contributed by atoms with Crippen molar-refractivity contribution in [2.24, 2.45) is 34.3 Å². The Bertz CT molecular complexity index is 1320. The number of hydrogen-bond donors (Lipinski definition) is 5. The lowest BCUT2D eigenvalue weighted by atomic mass is 9.84. The second-order valence-corrected chi connectivity index (χ2v) is 15.3. The molecule has 6 amide bonds. The number of urea groups is 1. The molecule has 1 aliphatic carbocycles. The zero-order chi connectivity index (χ0) is 35.3. The number of nitrogens with zero attached hydrogens (tertiary/aromatic N) is 3. The minimum atomic E-state index is -1.11. The standard InChI is InChI=1S/C33H52N8O6/c1-18(2)20-11-14-41(24(20)29(45)38-21(15-19-9-10-19)25(42)27(34)43)30(46)26(33(6,7)8)40-31(47)39-23(32(3,4)5)17-37-28(44)22-16-35-12-13-36-22/h12-13,16,18-21,23-24,26H,9-11,14-15,17H2,1-8H3,(H2,34,43)(H,37,44)(H,38,45)(H2,39,40,47)/t20?,21?,23-,24+,26-/m1/s1. The lowest BCUT2D eigenvalue weighted by Crippen LogP contribution is -2.62. The summed E-state index contributed by atoms with van der Waals surface area (Å²) in [5.74, 6) is -3.29. The number of nitrogens with two attached hydrogens (primary N) is 1. The van der Waals surface area contributed by atoms with Crippen LogP contribution in [0.15, 0.2) is 18.6 Å². The van der Waals surface area contributed by atoms with Crippen LogP contribution in [0.4, 0.5) is 4.79 Å². The first kappa shape index (κ1) is 37.4. The van der Waals surface area contributed by atoms with Crippen LogP contribution in [0, 0.1) is 28.6 Å². The van der Waals surface area contributed by atoms with Gasteiger partial charge in [0.1, 0.15) is 17.8 Å². The van der Waals surface area contributed by atoms with E-state index in [4.69, 9.17) is 5.73 Å². The van der Waals surface area contributed by atoms with Crippen LogP contribution in [0.1, 0.15) is 91.6 Å². The summed E-state index contributed by atoms with van der Waals surface area (Å²) in [5.41, 5.74) is 4.21. The van der Waals surface area contributed by atoms with Gasteiger partial charge in [-0.1, -0.05) is 68.2 Å². The van der Waals surface area contributed by atoms with E-state index in [1.54, 1.807) is 0 Å². The van der Waals surface area contributed by atoms with E-state index in [2.05, 4.69) is 31.2 Å². The molecule has 47 heavy (non-hydrogen) atoms. The molecular weight excluding hydrogens is 604 g/mol. The molecule has 0 radical (unpaired) electrons. The number of ketones is 1. The van der Waals surface area contributed by atoms with Crippen molar-refractivity contribution in [1.29, 1.82) is 0 Å². The molecule has 0 spiro atoms. The van der Waals surface area contributed by atoms with E-state index in [1.165, 1.54) is 23.5 Å². The van der Waals surface area contributed by atoms with Crippen LogP contribution >= 0.6 is 0 Å². The van der Waals surface area contributed by atoms with Gasteiger partial charge in [0.05, 0.1) is 18.3 Å². The highest BCUT2D eigenvalue weighted by Gasteiger charge is 2.48. The highest BCUT2D eigenvalue weighted by molar-refractivity contribution is 6.37. The monoisotopic (exact) mass is 656 g/mol. The predicted octanol–water partition coefficient (Wildman–Crippen LogP) is 1.55. The third-order valence-corrected chi connectivity index (χ3v) is 9.00. The SMILES string of the molecule is CC(C)C1CCN(C(=O)[C@@H](NC(=O)N[C@H](CNC(=O)c2cnccn2)C(C)(C)C)C(C)(C)C)[C@@H]1C(=O)NC(CC1CC1)C(=O)C(N)=O. The van der Waals surface area contributed by atoms with E-state index >= 15 is 0 Å². The quantitative estimate of drug-likeness (QED) is 0.197. The number of aromatic nitrogens is 2. The van der Waals surface area contributed by atoms with E-state index in [-0.39, 0.29) is 36.5 Å². The van der Waals surface area contributed by atoms with Crippen LogP contribution in [-0.2, 0) is 19.2 Å². The van der Waals surface area contributed by atoms with Crippen LogP contribution in [0.5, 0.6) is 0 Å². The minimum absolute atomic E-state index is 0.0336. The number of hydrogen-bond acceptors (Lipinski definition) is 8. The number of primary amides is 1. The first-order chi connectivity index (χ1) is 21.8. The van der Waals surface area contributed by atoms with Crippen LogP contribution in [0.25, 0.3) is 0 Å². The molecule has 2 heterocycles. The fraction of sp³-hybridized carbons (Fsp3) is 0.697.